The molecule has 0 amide bonds. The van der Waals surface area contributed by atoms with E-state index in [0.717, 1.165) is 62.0 Å². The van der Waals surface area contributed by atoms with Crippen LogP contribution in [0.25, 0.3) is 11.0 Å². The molecule has 2 aromatic heterocycles. The minimum absolute atomic E-state index is 0. The molecule has 2 fully saturated rings. The molecule has 25 heavy (non-hydrogen) atoms. The number of likely N-dealkylation sites (N-methyl/N-ethyl adjacent to an activating group) is 1. The SMILES string of the molecule is CN1CCN(C2CN(c3ncc4ncccc4n3)CCS2)CC1.Cl.Cl. The summed E-state index contributed by atoms with van der Waals surface area (Å²) >= 11 is 2.07. The zero-order chi connectivity index (χ0) is 15.6. The van der Waals surface area contributed by atoms with Crippen molar-refractivity contribution in [1.82, 2.24) is 24.8 Å². The van der Waals surface area contributed by atoms with E-state index in [1.54, 1.807) is 6.20 Å². The highest BCUT2D eigenvalue weighted by atomic mass is 35.5. The van der Waals surface area contributed by atoms with E-state index in [0.29, 0.717) is 5.37 Å². The van der Waals surface area contributed by atoms with Crippen molar-refractivity contribution >= 4 is 53.6 Å². The fraction of sp³-hybridized carbons (Fsp3) is 0.562. The van der Waals surface area contributed by atoms with Gasteiger partial charge >= 0.3 is 0 Å². The first-order valence-electron chi connectivity index (χ1n) is 8.16. The van der Waals surface area contributed by atoms with Gasteiger partial charge < -0.3 is 9.80 Å². The largest absolute Gasteiger partial charge is 0.338 e. The van der Waals surface area contributed by atoms with Crippen LogP contribution in [0.15, 0.2) is 24.5 Å². The monoisotopic (exact) mass is 402 g/mol. The van der Waals surface area contributed by atoms with Gasteiger partial charge in [0.2, 0.25) is 5.95 Å². The first-order chi connectivity index (χ1) is 11.3. The van der Waals surface area contributed by atoms with E-state index in [9.17, 15) is 0 Å². The molecule has 0 aromatic carbocycles. The van der Waals surface area contributed by atoms with Gasteiger partial charge in [0.05, 0.1) is 17.1 Å². The maximum atomic E-state index is 4.71. The second-order valence-electron chi connectivity index (χ2n) is 6.19. The van der Waals surface area contributed by atoms with Crippen LogP contribution in [0.5, 0.6) is 0 Å². The molecule has 0 bridgehead atoms. The van der Waals surface area contributed by atoms with Crippen molar-refractivity contribution in [3.8, 4) is 0 Å². The summed E-state index contributed by atoms with van der Waals surface area (Å²) in [6.07, 6.45) is 3.62. The summed E-state index contributed by atoms with van der Waals surface area (Å²) < 4.78 is 0. The quantitative estimate of drug-likeness (QED) is 0.760. The molecule has 4 rings (SSSR count). The van der Waals surface area contributed by atoms with Crippen LogP contribution in [0.3, 0.4) is 0 Å². The zero-order valence-corrected chi connectivity index (χ0v) is 16.7. The Bertz CT molecular complexity index is 682. The fourth-order valence-corrected chi connectivity index (χ4v) is 4.46. The second-order valence-corrected chi connectivity index (χ2v) is 7.47. The molecular weight excluding hydrogens is 379 g/mol. The Hall–Kier alpha value is -0.860. The number of hydrogen-bond acceptors (Lipinski definition) is 7. The molecule has 0 saturated carbocycles. The molecule has 1 unspecified atom stereocenters. The molecule has 2 aromatic rings. The number of halogens is 2. The third-order valence-corrected chi connectivity index (χ3v) is 5.87. The lowest BCUT2D eigenvalue weighted by Gasteiger charge is -2.42. The van der Waals surface area contributed by atoms with E-state index in [-0.39, 0.29) is 24.8 Å². The normalized spacial score (nSPS) is 22.3. The maximum absolute atomic E-state index is 4.71. The Kier molecular flexibility index (Phi) is 7.51. The van der Waals surface area contributed by atoms with Gasteiger partial charge in [-0.05, 0) is 19.2 Å². The van der Waals surface area contributed by atoms with Gasteiger partial charge in [-0.25, -0.2) is 9.97 Å². The highest BCUT2D eigenvalue weighted by molar-refractivity contribution is 7.99. The fourth-order valence-electron chi connectivity index (χ4n) is 3.15. The number of nitrogens with zero attached hydrogens (tertiary/aromatic N) is 6. The molecule has 6 nitrogen and oxygen atoms in total. The standard InChI is InChI=1S/C16H22N6S.2ClH/c1-20-5-7-21(8-6-20)15-12-22(9-10-23-15)16-18-11-14-13(19-16)3-2-4-17-14;;/h2-4,11,15H,5-10,12H2,1H3;2*1H. The van der Waals surface area contributed by atoms with Crippen LogP contribution in [-0.4, -0.2) is 82.2 Å². The number of fused-ring (bicyclic) bond motifs is 1. The topological polar surface area (TPSA) is 48.4 Å². The summed E-state index contributed by atoms with van der Waals surface area (Å²) in [5.41, 5.74) is 1.78. The summed E-state index contributed by atoms with van der Waals surface area (Å²) in [5, 5.41) is 0.547. The zero-order valence-electron chi connectivity index (χ0n) is 14.2. The second kappa shape index (κ2) is 9.19. The molecule has 4 heterocycles. The van der Waals surface area contributed by atoms with Crippen LogP contribution in [0, 0.1) is 0 Å². The predicted octanol–water partition coefficient (Wildman–Crippen LogP) is 2.00. The Morgan fingerprint density at radius 2 is 1.84 bits per heavy atom. The molecular formula is C16H24Cl2N6S. The van der Waals surface area contributed by atoms with Crippen molar-refractivity contribution in [2.24, 2.45) is 0 Å². The Labute approximate surface area is 165 Å². The molecule has 2 saturated heterocycles. The van der Waals surface area contributed by atoms with Gasteiger partial charge in [-0.15, -0.1) is 36.6 Å². The van der Waals surface area contributed by atoms with Gasteiger partial charge in [0.15, 0.2) is 0 Å². The van der Waals surface area contributed by atoms with Gasteiger partial charge in [-0.1, -0.05) is 0 Å². The van der Waals surface area contributed by atoms with Crippen molar-refractivity contribution in [3.05, 3.63) is 24.5 Å². The number of piperazine rings is 1. The highest BCUT2D eigenvalue weighted by Gasteiger charge is 2.28. The van der Waals surface area contributed by atoms with Gasteiger partial charge in [-0.2, -0.15) is 0 Å². The molecule has 2 aliphatic heterocycles. The number of rotatable bonds is 2. The van der Waals surface area contributed by atoms with Gasteiger partial charge in [0.25, 0.3) is 0 Å². The van der Waals surface area contributed by atoms with Crippen LogP contribution in [0.2, 0.25) is 0 Å². The average Bonchev–Trinajstić information content (AvgIpc) is 2.62. The van der Waals surface area contributed by atoms with Gasteiger partial charge in [-0.3, -0.25) is 9.88 Å². The molecule has 0 N–H and O–H groups in total. The van der Waals surface area contributed by atoms with Gasteiger partial charge in [0.1, 0.15) is 5.52 Å². The van der Waals surface area contributed by atoms with Crippen LogP contribution < -0.4 is 4.90 Å². The summed E-state index contributed by atoms with van der Waals surface area (Å²) in [5.74, 6) is 1.97. The first-order valence-corrected chi connectivity index (χ1v) is 9.21. The Morgan fingerprint density at radius 3 is 2.64 bits per heavy atom. The summed E-state index contributed by atoms with van der Waals surface area (Å²) in [4.78, 5) is 20.9. The summed E-state index contributed by atoms with van der Waals surface area (Å²) in [6, 6.07) is 3.93. The van der Waals surface area contributed by atoms with Crippen molar-refractivity contribution < 1.29 is 0 Å². The van der Waals surface area contributed by atoms with E-state index < -0.39 is 0 Å². The minimum atomic E-state index is 0. The highest BCUT2D eigenvalue weighted by Crippen LogP contribution is 2.25. The molecule has 0 radical (unpaired) electrons. The molecule has 2 aliphatic rings. The van der Waals surface area contributed by atoms with Crippen LogP contribution in [-0.2, 0) is 0 Å². The Morgan fingerprint density at radius 1 is 1.04 bits per heavy atom. The number of aromatic nitrogens is 3. The molecule has 138 valence electrons. The van der Waals surface area contributed by atoms with Crippen LogP contribution in [0.1, 0.15) is 0 Å². The van der Waals surface area contributed by atoms with Crippen LogP contribution in [0.4, 0.5) is 5.95 Å². The third kappa shape index (κ3) is 4.65. The lowest BCUT2D eigenvalue weighted by atomic mass is 10.3. The first kappa shape index (κ1) is 20.5. The van der Waals surface area contributed by atoms with Crippen molar-refractivity contribution in [2.75, 3.05) is 57.0 Å². The average molecular weight is 403 g/mol. The maximum Gasteiger partial charge on any atom is 0.226 e. The van der Waals surface area contributed by atoms with E-state index >= 15 is 0 Å². The predicted molar refractivity (Wildman–Crippen MR) is 109 cm³/mol. The smallest absolute Gasteiger partial charge is 0.226 e. The number of anilines is 1. The molecule has 1 atom stereocenters. The lowest BCUT2D eigenvalue weighted by molar-refractivity contribution is 0.144. The minimum Gasteiger partial charge on any atom is -0.338 e. The number of hydrogen-bond donors (Lipinski definition) is 0. The van der Waals surface area contributed by atoms with E-state index in [4.69, 9.17) is 4.98 Å². The van der Waals surface area contributed by atoms with E-state index in [2.05, 4.69) is 43.5 Å². The molecule has 9 heteroatoms. The molecule has 0 aliphatic carbocycles. The Balaban J connectivity index is 0.00000113. The summed E-state index contributed by atoms with van der Waals surface area (Å²) in [7, 11) is 2.20. The van der Waals surface area contributed by atoms with E-state index in [1.165, 1.54) is 0 Å². The third-order valence-electron chi connectivity index (χ3n) is 4.61. The molecule has 0 spiro atoms. The number of thioether (sulfide) groups is 1. The summed E-state index contributed by atoms with van der Waals surface area (Å²) in [6.45, 7) is 6.65. The van der Waals surface area contributed by atoms with E-state index in [1.807, 2.05) is 18.3 Å². The van der Waals surface area contributed by atoms with Crippen molar-refractivity contribution in [2.45, 2.75) is 5.37 Å². The number of pyridine rings is 1. The van der Waals surface area contributed by atoms with Crippen molar-refractivity contribution in [3.63, 3.8) is 0 Å². The van der Waals surface area contributed by atoms with Crippen LogP contribution >= 0.6 is 36.6 Å². The lowest BCUT2D eigenvalue weighted by Crippen LogP contribution is -2.53. The van der Waals surface area contributed by atoms with Gasteiger partial charge in [0, 0.05) is 51.2 Å². The van der Waals surface area contributed by atoms with Crippen molar-refractivity contribution in [1.29, 1.82) is 0 Å².